The van der Waals surface area contributed by atoms with E-state index in [1.54, 1.807) is 6.92 Å². The summed E-state index contributed by atoms with van der Waals surface area (Å²) in [5.74, 6) is -1.05. The van der Waals surface area contributed by atoms with E-state index < -0.39 is 11.9 Å². The number of ether oxygens (including phenoxy) is 1. The van der Waals surface area contributed by atoms with Gasteiger partial charge in [-0.1, -0.05) is 26.2 Å². The standard InChI is InChI=1S/C12H21NO2.C12H10Se/c1-4-5-6-7-8-11(3)15-12(14)10(2)9-13;1-3-7-11(8-4-1)13-12-9-5-2-6-10-12/h10-11H,4-8H2,1-3H3;1-10H. The number of hydrogen-bond donors (Lipinski definition) is 0. The SMILES string of the molecule is CCCCCCC(C)OC(=O)C(C)C#N.c1ccc([Se]c2ccccc2)cc1. The summed E-state index contributed by atoms with van der Waals surface area (Å²) < 4.78 is 7.99. The van der Waals surface area contributed by atoms with Crippen molar-refractivity contribution < 1.29 is 9.53 Å². The fourth-order valence-electron chi connectivity index (χ4n) is 2.38. The van der Waals surface area contributed by atoms with Gasteiger partial charge in [-0.3, -0.25) is 4.79 Å². The van der Waals surface area contributed by atoms with Crippen LogP contribution >= 0.6 is 0 Å². The fraction of sp³-hybridized carbons (Fsp3) is 0.417. The van der Waals surface area contributed by atoms with Crippen LogP contribution in [0.1, 0.15) is 52.9 Å². The summed E-state index contributed by atoms with van der Waals surface area (Å²) in [5.41, 5.74) is 0. The van der Waals surface area contributed by atoms with Crippen LogP contribution in [0.25, 0.3) is 0 Å². The third-order valence-corrected chi connectivity index (χ3v) is 6.18. The van der Waals surface area contributed by atoms with Gasteiger partial charge in [0.1, 0.15) is 5.92 Å². The average Bonchev–Trinajstić information content (AvgIpc) is 2.72. The molecular weight excluding hydrogens is 413 g/mol. The number of nitrogens with zero attached hydrogens (tertiary/aromatic N) is 1. The summed E-state index contributed by atoms with van der Waals surface area (Å²) in [6.07, 6.45) is 5.54. The van der Waals surface area contributed by atoms with Crippen LogP contribution in [0.3, 0.4) is 0 Å². The molecule has 150 valence electrons. The van der Waals surface area contributed by atoms with Crippen LogP contribution in [0.4, 0.5) is 0 Å². The number of hydrogen-bond acceptors (Lipinski definition) is 3. The van der Waals surface area contributed by atoms with Crippen molar-refractivity contribution in [1.29, 1.82) is 5.26 Å². The molecule has 2 rings (SSSR count). The summed E-state index contributed by atoms with van der Waals surface area (Å²) in [7, 11) is 0. The zero-order valence-corrected chi connectivity index (χ0v) is 18.8. The third kappa shape index (κ3) is 10.9. The van der Waals surface area contributed by atoms with E-state index in [0.717, 1.165) is 12.8 Å². The van der Waals surface area contributed by atoms with Crippen molar-refractivity contribution in [1.82, 2.24) is 0 Å². The van der Waals surface area contributed by atoms with Gasteiger partial charge in [-0.05, 0) is 26.7 Å². The molecule has 2 unspecified atom stereocenters. The van der Waals surface area contributed by atoms with Gasteiger partial charge >= 0.3 is 90.5 Å². The van der Waals surface area contributed by atoms with E-state index in [-0.39, 0.29) is 6.10 Å². The van der Waals surface area contributed by atoms with Gasteiger partial charge < -0.3 is 4.74 Å². The van der Waals surface area contributed by atoms with Crippen LogP contribution in [-0.2, 0) is 9.53 Å². The molecule has 0 aliphatic carbocycles. The monoisotopic (exact) mass is 445 g/mol. The third-order valence-electron chi connectivity index (χ3n) is 4.05. The number of esters is 1. The maximum absolute atomic E-state index is 11.2. The summed E-state index contributed by atoms with van der Waals surface area (Å²) in [4.78, 5) is 11.2. The van der Waals surface area contributed by atoms with Gasteiger partial charge in [-0.25, -0.2) is 0 Å². The molecule has 0 aliphatic heterocycles. The Bertz CT molecular complexity index is 660. The second-order valence-electron chi connectivity index (χ2n) is 6.68. The molecule has 0 fully saturated rings. The van der Waals surface area contributed by atoms with Crippen LogP contribution in [0.15, 0.2) is 60.7 Å². The minimum atomic E-state index is -0.650. The van der Waals surface area contributed by atoms with E-state index >= 15 is 0 Å². The van der Waals surface area contributed by atoms with Crippen molar-refractivity contribution in [2.24, 2.45) is 5.92 Å². The van der Waals surface area contributed by atoms with Gasteiger partial charge in [0.15, 0.2) is 0 Å². The Morgan fingerprint density at radius 1 is 0.964 bits per heavy atom. The van der Waals surface area contributed by atoms with Crippen LogP contribution in [0, 0.1) is 17.2 Å². The van der Waals surface area contributed by atoms with Gasteiger partial charge in [0.05, 0.1) is 12.2 Å². The Balaban J connectivity index is 0.000000281. The first kappa shape index (κ1) is 24.0. The van der Waals surface area contributed by atoms with Gasteiger partial charge in [0.2, 0.25) is 0 Å². The number of carbonyl (C=O) groups excluding carboxylic acids is 1. The molecule has 0 aromatic heterocycles. The Morgan fingerprint density at radius 3 is 1.96 bits per heavy atom. The second-order valence-corrected chi connectivity index (χ2v) is 9.08. The molecule has 0 amide bonds. The molecule has 0 heterocycles. The maximum atomic E-state index is 11.2. The molecule has 0 radical (unpaired) electrons. The molecule has 4 heteroatoms. The molecule has 0 bridgehead atoms. The van der Waals surface area contributed by atoms with Crippen LogP contribution in [0.5, 0.6) is 0 Å². The molecule has 0 saturated carbocycles. The fourth-order valence-corrected chi connectivity index (χ4v) is 4.19. The van der Waals surface area contributed by atoms with Crippen LogP contribution < -0.4 is 8.92 Å². The number of benzene rings is 2. The van der Waals surface area contributed by atoms with Crippen molar-refractivity contribution in [2.75, 3.05) is 0 Å². The molecule has 28 heavy (non-hydrogen) atoms. The number of rotatable bonds is 9. The molecule has 0 aliphatic rings. The summed E-state index contributed by atoms with van der Waals surface area (Å²) in [5, 5.41) is 8.51. The summed E-state index contributed by atoms with van der Waals surface area (Å²) >= 11 is 0.461. The number of carbonyl (C=O) groups is 1. The zero-order valence-electron chi connectivity index (χ0n) is 17.1. The van der Waals surface area contributed by atoms with E-state index in [9.17, 15) is 4.79 Å². The van der Waals surface area contributed by atoms with E-state index in [4.69, 9.17) is 10.00 Å². The van der Waals surface area contributed by atoms with Crippen molar-refractivity contribution in [3.63, 3.8) is 0 Å². The van der Waals surface area contributed by atoms with Crippen LogP contribution in [0.2, 0.25) is 0 Å². The predicted octanol–water partition coefficient (Wildman–Crippen LogP) is 4.39. The van der Waals surface area contributed by atoms with Gasteiger partial charge in [-0.15, -0.1) is 0 Å². The quantitative estimate of drug-likeness (QED) is 0.328. The van der Waals surface area contributed by atoms with E-state index in [1.165, 1.54) is 28.2 Å². The van der Waals surface area contributed by atoms with E-state index in [1.807, 2.05) is 13.0 Å². The van der Waals surface area contributed by atoms with Gasteiger partial charge in [0.25, 0.3) is 0 Å². The van der Waals surface area contributed by atoms with Crippen molar-refractivity contribution >= 4 is 29.8 Å². The second kappa shape index (κ2) is 14.9. The molecule has 0 spiro atoms. The first-order chi connectivity index (χ1) is 13.6. The number of unbranched alkanes of at least 4 members (excludes halogenated alkanes) is 3. The van der Waals surface area contributed by atoms with Gasteiger partial charge in [0, 0.05) is 0 Å². The van der Waals surface area contributed by atoms with E-state index in [2.05, 4.69) is 67.6 Å². The van der Waals surface area contributed by atoms with Crippen molar-refractivity contribution in [3.8, 4) is 6.07 Å². The molecule has 0 N–H and O–H groups in total. The minimum absolute atomic E-state index is 0.0647. The van der Waals surface area contributed by atoms with Crippen molar-refractivity contribution in [2.45, 2.75) is 59.0 Å². The molecule has 3 nitrogen and oxygen atoms in total. The number of nitriles is 1. The first-order valence-corrected chi connectivity index (χ1v) is 11.7. The molecule has 2 atom stereocenters. The molecule has 2 aromatic rings. The molecule has 0 saturated heterocycles. The Hall–Kier alpha value is -2.08. The molecule has 2 aromatic carbocycles. The average molecular weight is 444 g/mol. The normalized spacial score (nSPS) is 12.1. The van der Waals surface area contributed by atoms with E-state index in [0.29, 0.717) is 15.0 Å². The summed E-state index contributed by atoms with van der Waals surface area (Å²) in [6.45, 7) is 5.61. The summed E-state index contributed by atoms with van der Waals surface area (Å²) in [6, 6.07) is 23.1. The topological polar surface area (TPSA) is 50.1 Å². The Labute approximate surface area is 176 Å². The van der Waals surface area contributed by atoms with Crippen LogP contribution in [-0.4, -0.2) is 27.0 Å². The Kier molecular flexibility index (Phi) is 12.8. The predicted molar refractivity (Wildman–Crippen MR) is 117 cm³/mol. The van der Waals surface area contributed by atoms with Crippen molar-refractivity contribution in [3.05, 3.63) is 60.7 Å². The zero-order chi connectivity index (χ0) is 20.6. The first-order valence-electron chi connectivity index (χ1n) is 9.94. The molecular formula is C24H31NO2Se. The van der Waals surface area contributed by atoms with Gasteiger partial charge in [-0.2, -0.15) is 5.26 Å². The Morgan fingerprint density at radius 2 is 1.50 bits per heavy atom.